The lowest BCUT2D eigenvalue weighted by atomic mass is 9.99. The van der Waals surface area contributed by atoms with E-state index in [1.54, 1.807) is 18.2 Å². The van der Waals surface area contributed by atoms with Crippen LogP contribution < -0.4 is 10.2 Å². The molecule has 1 amide bonds. The highest BCUT2D eigenvalue weighted by Gasteiger charge is 2.17. The number of anilines is 1. The summed E-state index contributed by atoms with van der Waals surface area (Å²) in [5.74, 6) is 0.758. The predicted molar refractivity (Wildman–Crippen MR) is 138 cm³/mol. The van der Waals surface area contributed by atoms with Crippen LogP contribution in [0.4, 0.5) is 5.82 Å². The van der Waals surface area contributed by atoms with Crippen LogP contribution in [0.1, 0.15) is 17.2 Å². The highest BCUT2D eigenvalue weighted by molar-refractivity contribution is 7.99. The quantitative estimate of drug-likeness (QED) is 0.161. The number of halogens is 1. The third kappa shape index (κ3) is 7.77. The highest BCUT2D eigenvalue weighted by atomic mass is 35.5. The van der Waals surface area contributed by atoms with Crippen LogP contribution in [-0.2, 0) is 11.2 Å². The molecule has 3 aromatic rings. The van der Waals surface area contributed by atoms with E-state index in [-0.39, 0.29) is 17.7 Å². The fourth-order valence-corrected chi connectivity index (χ4v) is 4.23. The summed E-state index contributed by atoms with van der Waals surface area (Å²) in [6, 6.07) is 21.7. The van der Waals surface area contributed by atoms with Crippen LogP contribution >= 0.6 is 23.4 Å². The summed E-state index contributed by atoms with van der Waals surface area (Å²) < 4.78 is 0. The summed E-state index contributed by atoms with van der Waals surface area (Å²) in [5, 5.41) is 3.93. The Labute approximate surface area is 204 Å². The standard InChI is InChI=1S/C26H27ClN4OS/c1-3-15-31(16-4-2)24-18-23(27)29-26(30-24)33-19-25(32)28-22(21-13-9-6-10-14-21)17-20-11-7-5-8-12-20/h3-14,18,22H,1-2,15-17,19H2,(H,28,32). The molecule has 0 fully saturated rings. The number of nitrogens with one attached hydrogen (secondary N) is 1. The maximum atomic E-state index is 12.8. The van der Waals surface area contributed by atoms with Crippen molar-refractivity contribution < 1.29 is 4.79 Å². The van der Waals surface area contributed by atoms with E-state index in [0.717, 1.165) is 11.1 Å². The second-order valence-corrected chi connectivity index (χ2v) is 8.65. The van der Waals surface area contributed by atoms with Gasteiger partial charge in [0, 0.05) is 19.2 Å². The molecule has 0 aliphatic heterocycles. The van der Waals surface area contributed by atoms with E-state index < -0.39 is 0 Å². The van der Waals surface area contributed by atoms with Crippen molar-refractivity contribution in [2.24, 2.45) is 0 Å². The summed E-state index contributed by atoms with van der Waals surface area (Å²) in [4.78, 5) is 23.7. The van der Waals surface area contributed by atoms with Gasteiger partial charge in [-0.1, -0.05) is 96.2 Å². The molecule has 0 radical (unpaired) electrons. The normalized spacial score (nSPS) is 11.4. The molecule has 3 rings (SSSR count). The number of carbonyl (C=O) groups excluding carboxylic acids is 1. The minimum atomic E-state index is -0.131. The Bertz CT molecular complexity index is 1050. The van der Waals surface area contributed by atoms with E-state index in [4.69, 9.17) is 11.6 Å². The fourth-order valence-electron chi connectivity index (χ4n) is 3.34. The van der Waals surface area contributed by atoms with Crippen LogP contribution in [0, 0.1) is 0 Å². The molecular weight excluding hydrogens is 452 g/mol. The molecule has 0 spiro atoms. The van der Waals surface area contributed by atoms with Crippen molar-refractivity contribution in [3.05, 3.63) is 108 Å². The first-order chi connectivity index (χ1) is 16.1. The number of carbonyl (C=O) groups is 1. The molecule has 1 N–H and O–H groups in total. The van der Waals surface area contributed by atoms with E-state index >= 15 is 0 Å². The van der Waals surface area contributed by atoms with Gasteiger partial charge < -0.3 is 10.2 Å². The smallest absolute Gasteiger partial charge is 0.230 e. The van der Waals surface area contributed by atoms with E-state index in [1.165, 1.54) is 11.8 Å². The summed E-state index contributed by atoms with van der Waals surface area (Å²) >= 11 is 7.48. The SMILES string of the molecule is C=CCN(CC=C)c1cc(Cl)nc(SCC(=O)NC(Cc2ccccc2)c2ccccc2)n1. The van der Waals surface area contributed by atoms with Crippen molar-refractivity contribution in [2.45, 2.75) is 17.6 Å². The second kappa shape index (κ2) is 12.8. The van der Waals surface area contributed by atoms with E-state index in [2.05, 4.69) is 40.6 Å². The van der Waals surface area contributed by atoms with Crippen LogP contribution in [0.25, 0.3) is 0 Å². The first kappa shape index (κ1) is 24.6. The Morgan fingerprint density at radius 1 is 1.03 bits per heavy atom. The zero-order chi connectivity index (χ0) is 23.5. The van der Waals surface area contributed by atoms with Gasteiger partial charge in [0.15, 0.2) is 5.16 Å². The Balaban J connectivity index is 1.68. The van der Waals surface area contributed by atoms with E-state index in [0.29, 0.717) is 35.6 Å². The summed E-state index contributed by atoms with van der Waals surface area (Å²) in [5.41, 5.74) is 2.22. The first-order valence-electron chi connectivity index (χ1n) is 10.6. The largest absolute Gasteiger partial charge is 0.349 e. The molecule has 1 aromatic heterocycles. The van der Waals surface area contributed by atoms with E-state index in [1.807, 2.05) is 53.4 Å². The molecule has 170 valence electrons. The summed E-state index contributed by atoms with van der Waals surface area (Å²) in [6.45, 7) is 8.77. The molecule has 7 heteroatoms. The molecular formula is C26H27ClN4OS. The molecule has 0 aliphatic rings. The van der Waals surface area contributed by atoms with Crippen LogP contribution in [0.15, 0.2) is 97.2 Å². The van der Waals surface area contributed by atoms with Gasteiger partial charge in [-0.2, -0.15) is 0 Å². The number of nitrogens with zero attached hydrogens (tertiary/aromatic N) is 3. The van der Waals surface area contributed by atoms with Gasteiger partial charge in [-0.15, -0.1) is 13.2 Å². The molecule has 5 nitrogen and oxygen atoms in total. The van der Waals surface area contributed by atoms with Crippen molar-refractivity contribution in [3.63, 3.8) is 0 Å². The number of amides is 1. The minimum absolute atomic E-state index is 0.0936. The molecule has 1 heterocycles. The average Bonchev–Trinajstić information content (AvgIpc) is 2.83. The van der Waals surface area contributed by atoms with Crippen molar-refractivity contribution in [2.75, 3.05) is 23.7 Å². The molecule has 1 atom stereocenters. The Morgan fingerprint density at radius 2 is 1.67 bits per heavy atom. The lowest BCUT2D eigenvalue weighted by Gasteiger charge is -2.21. The molecule has 2 aromatic carbocycles. The van der Waals surface area contributed by atoms with Crippen molar-refractivity contribution in [1.82, 2.24) is 15.3 Å². The Morgan fingerprint density at radius 3 is 2.30 bits per heavy atom. The second-order valence-electron chi connectivity index (χ2n) is 7.32. The number of thioether (sulfide) groups is 1. The number of hydrogen-bond donors (Lipinski definition) is 1. The van der Waals surface area contributed by atoms with Gasteiger partial charge in [0.05, 0.1) is 11.8 Å². The molecule has 0 saturated carbocycles. The maximum absolute atomic E-state index is 12.8. The van der Waals surface area contributed by atoms with Gasteiger partial charge in [-0.3, -0.25) is 4.79 Å². The highest BCUT2D eigenvalue weighted by Crippen LogP contribution is 2.23. The maximum Gasteiger partial charge on any atom is 0.230 e. The van der Waals surface area contributed by atoms with Crippen LogP contribution in [0.3, 0.4) is 0 Å². The molecule has 33 heavy (non-hydrogen) atoms. The fraction of sp³-hybridized carbons (Fsp3) is 0.192. The number of rotatable bonds is 12. The van der Waals surface area contributed by atoms with Gasteiger partial charge in [0.2, 0.25) is 5.91 Å². The lowest BCUT2D eigenvalue weighted by molar-refractivity contribution is -0.119. The zero-order valence-corrected chi connectivity index (χ0v) is 19.9. The first-order valence-corrected chi connectivity index (χ1v) is 12.0. The number of aromatic nitrogens is 2. The Kier molecular flexibility index (Phi) is 9.54. The predicted octanol–water partition coefficient (Wildman–Crippen LogP) is 5.50. The van der Waals surface area contributed by atoms with Crippen molar-refractivity contribution >= 4 is 35.1 Å². The van der Waals surface area contributed by atoms with Crippen molar-refractivity contribution in [3.8, 4) is 0 Å². The third-order valence-corrected chi connectivity index (χ3v) is 5.88. The van der Waals surface area contributed by atoms with Crippen LogP contribution in [0.5, 0.6) is 0 Å². The monoisotopic (exact) mass is 478 g/mol. The minimum Gasteiger partial charge on any atom is -0.349 e. The average molecular weight is 479 g/mol. The molecule has 1 unspecified atom stereocenters. The van der Waals surface area contributed by atoms with Crippen LogP contribution in [0.2, 0.25) is 5.15 Å². The summed E-state index contributed by atoms with van der Waals surface area (Å²) in [7, 11) is 0. The molecule has 0 aliphatic carbocycles. The lowest BCUT2D eigenvalue weighted by Crippen LogP contribution is -2.31. The molecule has 0 saturated heterocycles. The van der Waals surface area contributed by atoms with Gasteiger partial charge in [-0.05, 0) is 17.5 Å². The third-order valence-electron chi connectivity index (χ3n) is 4.84. The summed E-state index contributed by atoms with van der Waals surface area (Å²) in [6.07, 6.45) is 4.28. The number of hydrogen-bond acceptors (Lipinski definition) is 5. The van der Waals surface area contributed by atoms with Gasteiger partial charge >= 0.3 is 0 Å². The zero-order valence-electron chi connectivity index (χ0n) is 18.4. The number of benzene rings is 2. The van der Waals surface area contributed by atoms with E-state index in [9.17, 15) is 4.79 Å². The van der Waals surface area contributed by atoms with Crippen molar-refractivity contribution in [1.29, 1.82) is 0 Å². The van der Waals surface area contributed by atoms with Gasteiger partial charge in [0.25, 0.3) is 0 Å². The van der Waals surface area contributed by atoms with Gasteiger partial charge in [-0.25, -0.2) is 9.97 Å². The van der Waals surface area contributed by atoms with Gasteiger partial charge in [0.1, 0.15) is 11.0 Å². The molecule has 0 bridgehead atoms. The Hall–Kier alpha value is -3.09. The topological polar surface area (TPSA) is 58.1 Å². The van der Waals surface area contributed by atoms with Crippen LogP contribution in [-0.4, -0.2) is 34.7 Å².